The van der Waals surface area contributed by atoms with Crippen LogP contribution in [-0.2, 0) is 20.9 Å². The summed E-state index contributed by atoms with van der Waals surface area (Å²) in [6, 6.07) is 3.71. The summed E-state index contributed by atoms with van der Waals surface area (Å²) in [6.07, 6.45) is 11.6. The molecule has 4 rings (SSSR count). The Kier molecular flexibility index (Phi) is 11.2. The Morgan fingerprint density at radius 2 is 2.00 bits per heavy atom. The molecule has 1 aliphatic carbocycles. The molecular weight excluding hydrogens is 422 g/mol. The van der Waals surface area contributed by atoms with E-state index in [0.717, 1.165) is 30.0 Å². The van der Waals surface area contributed by atoms with Crippen LogP contribution in [0.1, 0.15) is 64.9 Å². The SMILES string of the molecule is CC.CC1=C(N(C=O)CCC2CCCCC2)COC1=O.NCc1ccc(-n2cnnn2)nc1. The number of nitrogens with zero attached hydrogens (tertiary/aromatic N) is 6. The predicted octanol–water partition coefficient (Wildman–Crippen LogP) is 2.79. The van der Waals surface area contributed by atoms with Crippen LogP contribution in [0.2, 0.25) is 0 Å². The second-order valence-electron chi connectivity index (χ2n) is 7.72. The summed E-state index contributed by atoms with van der Waals surface area (Å²) in [6.45, 7) is 7.16. The molecule has 33 heavy (non-hydrogen) atoms. The molecule has 0 saturated heterocycles. The molecule has 2 N–H and O–H groups in total. The number of nitrogens with two attached hydrogens (primary N) is 1. The molecule has 2 aromatic heterocycles. The fourth-order valence-electron chi connectivity index (χ4n) is 3.75. The summed E-state index contributed by atoms with van der Waals surface area (Å²) in [4.78, 5) is 28.2. The molecule has 3 heterocycles. The van der Waals surface area contributed by atoms with Crippen LogP contribution in [-0.4, -0.2) is 55.6 Å². The van der Waals surface area contributed by atoms with Gasteiger partial charge in [-0.1, -0.05) is 52.0 Å². The van der Waals surface area contributed by atoms with Crippen LogP contribution in [0.4, 0.5) is 0 Å². The topological polar surface area (TPSA) is 129 Å². The molecule has 2 aromatic rings. The summed E-state index contributed by atoms with van der Waals surface area (Å²) in [5.41, 5.74) is 7.73. The van der Waals surface area contributed by atoms with E-state index in [1.165, 1.54) is 43.1 Å². The zero-order chi connectivity index (χ0) is 24.1. The average molecular weight is 458 g/mol. The van der Waals surface area contributed by atoms with Crippen LogP contribution >= 0.6 is 0 Å². The lowest BCUT2D eigenvalue weighted by atomic mass is 9.87. The van der Waals surface area contributed by atoms with E-state index in [9.17, 15) is 9.59 Å². The Balaban J connectivity index is 0.000000227. The van der Waals surface area contributed by atoms with Gasteiger partial charge in [0.05, 0.1) is 11.3 Å². The molecule has 1 amide bonds. The third-order valence-corrected chi connectivity index (χ3v) is 5.68. The zero-order valence-corrected chi connectivity index (χ0v) is 19.8. The van der Waals surface area contributed by atoms with Crippen LogP contribution in [0.3, 0.4) is 0 Å². The van der Waals surface area contributed by atoms with Crippen molar-refractivity contribution in [3.63, 3.8) is 0 Å². The van der Waals surface area contributed by atoms with Gasteiger partial charge in [-0.25, -0.2) is 9.78 Å². The Labute approximate surface area is 195 Å². The number of hydrogen-bond acceptors (Lipinski definition) is 8. The van der Waals surface area contributed by atoms with Gasteiger partial charge in [0, 0.05) is 19.3 Å². The van der Waals surface area contributed by atoms with E-state index >= 15 is 0 Å². The minimum absolute atomic E-state index is 0.244. The van der Waals surface area contributed by atoms with Crippen molar-refractivity contribution in [1.29, 1.82) is 0 Å². The normalized spacial score (nSPS) is 15.7. The smallest absolute Gasteiger partial charge is 0.336 e. The van der Waals surface area contributed by atoms with Gasteiger partial charge in [0.2, 0.25) is 6.41 Å². The zero-order valence-electron chi connectivity index (χ0n) is 19.8. The number of pyridine rings is 1. The number of carbonyl (C=O) groups excluding carboxylic acids is 2. The summed E-state index contributed by atoms with van der Waals surface area (Å²) in [5.74, 6) is 1.12. The molecular formula is C23H35N7O3. The van der Waals surface area contributed by atoms with E-state index in [0.29, 0.717) is 24.5 Å². The number of tetrazole rings is 1. The average Bonchev–Trinajstić information content (AvgIpc) is 3.53. The summed E-state index contributed by atoms with van der Waals surface area (Å²) < 4.78 is 6.43. The molecule has 1 saturated carbocycles. The second-order valence-corrected chi connectivity index (χ2v) is 7.72. The quantitative estimate of drug-likeness (QED) is 0.496. The Morgan fingerprint density at radius 3 is 2.52 bits per heavy atom. The van der Waals surface area contributed by atoms with Gasteiger partial charge in [-0.15, -0.1) is 5.10 Å². The van der Waals surface area contributed by atoms with Crippen molar-refractivity contribution in [2.24, 2.45) is 11.7 Å². The minimum Gasteiger partial charge on any atom is -0.456 e. The predicted molar refractivity (Wildman–Crippen MR) is 124 cm³/mol. The van der Waals surface area contributed by atoms with Crippen molar-refractivity contribution < 1.29 is 14.3 Å². The van der Waals surface area contributed by atoms with Crippen molar-refractivity contribution in [2.45, 2.75) is 65.8 Å². The summed E-state index contributed by atoms with van der Waals surface area (Å²) in [5, 5.41) is 10.7. The molecule has 180 valence electrons. The third kappa shape index (κ3) is 7.74. The van der Waals surface area contributed by atoms with Crippen molar-refractivity contribution in [3.8, 4) is 5.82 Å². The summed E-state index contributed by atoms with van der Waals surface area (Å²) >= 11 is 0. The van der Waals surface area contributed by atoms with E-state index in [-0.39, 0.29) is 12.6 Å². The highest BCUT2D eigenvalue weighted by atomic mass is 16.5. The first-order valence-corrected chi connectivity index (χ1v) is 11.6. The monoisotopic (exact) mass is 457 g/mol. The largest absolute Gasteiger partial charge is 0.456 e. The van der Waals surface area contributed by atoms with Crippen LogP contribution in [0, 0.1) is 5.92 Å². The lowest BCUT2D eigenvalue weighted by molar-refractivity contribution is -0.136. The first-order chi connectivity index (χ1) is 16.1. The van der Waals surface area contributed by atoms with Gasteiger partial charge in [-0.05, 0) is 41.3 Å². The lowest BCUT2D eigenvalue weighted by Crippen LogP contribution is -2.26. The fraction of sp³-hybridized carbons (Fsp3) is 0.565. The van der Waals surface area contributed by atoms with Crippen LogP contribution < -0.4 is 5.73 Å². The van der Waals surface area contributed by atoms with Crippen molar-refractivity contribution >= 4 is 12.4 Å². The number of ether oxygens (including phenoxy) is 1. The Morgan fingerprint density at radius 1 is 1.24 bits per heavy atom. The number of aromatic nitrogens is 5. The van der Waals surface area contributed by atoms with Gasteiger partial charge in [-0.2, -0.15) is 4.68 Å². The van der Waals surface area contributed by atoms with Crippen LogP contribution in [0.25, 0.3) is 5.82 Å². The molecule has 0 atom stereocenters. The maximum atomic E-state index is 11.3. The molecule has 10 heteroatoms. The van der Waals surface area contributed by atoms with Crippen molar-refractivity contribution in [1.82, 2.24) is 30.1 Å². The van der Waals surface area contributed by atoms with Gasteiger partial charge in [0.1, 0.15) is 12.9 Å². The number of rotatable bonds is 7. The standard InChI is InChI=1S/C14H21NO3.C7H8N6.C2H6/c1-11-13(9-18-14(11)17)15(10-16)8-7-12-5-3-2-4-6-12;8-3-6-1-2-7(9-4-6)13-5-10-11-12-13;1-2/h10,12H,2-9H2,1H3;1-2,4-5H,3,8H2;1-2H3. The fourth-order valence-corrected chi connectivity index (χ4v) is 3.75. The van der Waals surface area contributed by atoms with Gasteiger partial charge in [0.15, 0.2) is 5.82 Å². The third-order valence-electron chi connectivity index (χ3n) is 5.68. The molecule has 2 aliphatic rings. The van der Waals surface area contributed by atoms with Crippen molar-refractivity contribution in [3.05, 3.63) is 41.5 Å². The molecule has 0 bridgehead atoms. The van der Waals surface area contributed by atoms with Gasteiger partial charge in [0.25, 0.3) is 0 Å². The van der Waals surface area contributed by atoms with Gasteiger partial charge < -0.3 is 15.4 Å². The molecule has 1 aliphatic heterocycles. The lowest BCUT2D eigenvalue weighted by Gasteiger charge is -2.25. The number of carbonyl (C=O) groups is 2. The molecule has 0 aromatic carbocycles. The van der Waals surface area contributed by atoms with E-state index < -0.39 is 0 Å². The van der Waals surface area contributed by atoms with Gasteiger partial charge in [-0.3, -0.25) is 4.79 Å². The maximum absolute atomic E-state index is 11.3. The highest BCUT2D eigenvalue weighted by Crippen LogP contribution is 2.27. The number of amides is 1. The van der Waals surface area contributed by atoms with E-state index in [2.05, 4.69) is 20.5 Å². The number of cyclic esters (lactones) is 1. The molecule has 10 nitrogen and oxygen atoms in total. The van der Waals surface area contributed by atoms with Crippen molar-refractivity contribution in [2.75, 3.05) is 13.2 Å². The van der Waals surface area contributed by atoms with E-state index in [4.69, 9.17) is 10.5 Å². The molecule has 1 fully saturated rings. The highest BCUT2D eigenvalue weighted by Gasteiger charge is 2.25. The molecule has 0 radical (unpaired) electrons. The highest BCUT2D eigenvalue weighted by molar-refractivity contribution is 5.91. The summed E-state index contributed by atoms with van der Waals surface area (Å²) in [7, 11) is 0. The second kappa shape index (κ2) is 14.1. The van der Waals surface area contributed by atoms with Crippen LogP contribution in [0.5, 0.6) is 0 Å². The van der Waals surface area contributed by atoms with Crippen LogP contribution in [0.15, 0.2) is 35.9 Å². The molecule has 0 unspecified atom stereocenters. The van der Waals surface area contributed by atoms with E-state index in [1.807, 2.05) is 26.0 Å². The van der Waals surface area contributed by atoms with Gasteiger partial charge >= 0.3 is 5.97 Å². The van der Waals surface area contributed by atoms with E-state index in [1.54, 1.807) is 18.0 Å². The molecule has 0 spiro atoms. The number of hydrogen-bond donors (Lipinski definition) is 1. The maximum Gasteiger partial charge on any atom is 0.336 e. The first kappa shape index (κ1) is 26.1. The Bertz CT molecular complexity index is 876. The minimum atomic E-state index is -0.297. The first-order valence-electron chi connectivity index (χ1n) is 11.6. The number of esters is 1. The Hall–Kier alpha value is -3.14.